The second-order valence-corrected chi connectivity index (χ2v) is 4.58. The van der Waals surface area contributed by atoms with Gasteiger partial charge in [0.25, 0.3) is 0 Å². The predicted octanol–water partition coefficient (Wildman–Crippen LogP) is 2.86. The molecule has 102 valence electrons. The van der Waals surface area contributed by atoms with Crippen LogP contribution in [-0.4, -0.2) is 20.2 Å². The first-order chi connectivity index (χ1) is 10.3. The number of hydrogen-bond donors (Lipinski definition) is 2. The number of anilines is 1. The zero-order chi connectivity index (χ0) is 14.2. The summed E-state index contributed by atoms with van der Waals surface area (Å²) < 4.78 is 5.86. The number of nitrogens with one attached hydrogen (secondary N) is 1. The highest BCUT2D eigenvalue weighted by atomic mass is 16.3. The summed E-state index contributed by atoms with van der Waals surface area (Å²) in [7, 11) is 0. The van der Waals surface area contributed by atoms with Gasteiger partial charge in [-0.2, -0.15) is 4.98 Å². The van der Waals surface area contributed by atoms with Crippen LogP contribution in [0.15, 0.2) is 53.1 Å². The SMILES string of the molecule is Nc1n[nH]c(-c2ccc(-c3cccc4ncccc34)o2)n1. The molecule has 0 aliphatic heterocycles. The number of hydrogen-bond acceptors (Lipinski definition) is 5. The van der Waals surface area contributed by atoms with Gasteiger partial charge in [0, 0.05) is 17.1 Å². The molecule has 0 aliphatic carbocycles. The minimum absolute atomic E-state index is 0.192. The molecule has 0 saturated heterocycles. The Morgan fingerprint density at radius 2 is 1.90 bits per heavy atom. The smallest absolute Gasteiger partial charge is 0.239 e. The molecule has 0 unspecified atom stereocenters. The van der Waals surface area contributed by atoms with E-state index in [-0.39, 0.29) is 5.95 Å². The first-order valence-corrected chi connectivity index (χ1v) is 6.43. The third-order valence-corrected chi connectivity index (χ3v) is 3.25. The Balaban J connectivity index is 1.85. The number of pyridine rings is 1. The lowest BCUT2D eigenvalue weighted by atomic mass is 10.1. The van der Waals surface area contributed by atoms with E-state index in [9.17, 15) is 0 Å². The molecule has 0 radical (unpaired) electrons. The zero-order valence-electron chi connectivity index (χ0n) is 10.9. The number of H-pyrrole nitrogens is 1. The first kappa shape index (κ1) is 11.7. The van der Waals surface area contributed by atoms with Gasteiger partial charge < -0.3 is 10.2 Å². The minimum Gasteiger partial charge on any atom is -0.453 e. The van der Waals surface area contributed by atoms with Gasteiger partial charge in [0.2, 0.25) is 5.95 Å². The summed E-state index contributed by atoms with van der Waals surface area (Å²) in [4.78, 5) is 8.40. The van der Waals surface area contributed by atoms with Crippen LogP contribution in [0.5, 0.6) is 0 Å². The molecular formula is C15H11N5O. The molecule has 3 heterocycles. The lowest BCUT2D eigenvalue weighted by Gasteiger charge is -2.02. The van der Waals surface area contributed by atoms with Crippen molar-refractivity contribution in [3.8, 4) is 22.9 Å². The normalized spacial score (nSPS) is 11.0. The van der Waals surface area contributed by atoms with E-state index in [0.29, 0.717) is 11.6 Å². The van der Waals surface area contributed by atoms with Crippen LogP contribution >= 0.6 is 0 Å². The maximum absolute atomic E-state index is 5.86. The van der Waals surface area contributed by atoms with E-state index < -0.39 is 0 Å². The van der Waals surface area contributed by atoms with Crippen LogP contribution in [-0.2, 0) is 0 Å². The lowest BCUT2D eigenvalue weighted by Crippen LogP contribution is -1.85. The number of nitrogen functional groups attached to an aromatic ring is 1. The predicted molar refractivity (Wildman–Crippen MR) is 79.2 cm³/mol. The zero-order valence-corrected chi connectivity index (χ0v) is 10.9. The molecule has 6 heteroatoms. The Labute approximate surface area is 119 Å². The van der Waals surface area contributed by atoms with Gasteiger partial charge in [-0.15, -0.1) is 5.10 Å². The molecule has 0 bridgehead atoms. The van der Waals surface area contributed by atoms with E-state index in [2.05, 4.69) is 20.2 Å². The lowest BCUT2D eigenvalue weighted by molar-refractivity contribution is 0.593. The number of furan rings is 1. The van der Waals surface area contributed by atoms with Crippen molar-refractivity contribution in [1.82, 2.24) is 20.2 Å². The first-order valence-electron chi connectivity index (χ1n) is 6.43. The number of benzene rings is 1. The molecule has 6 nitrogen and oxygen atoms in total. The fourth-order valence-corrected chi connectivity index (χ4v) is 2.31. The number of fused-ring (bicyclic) bond motifs is 1. The van der Waals surface area contributed by atoms with E-state index in [4.69, 9.17) is 10.2 Å². The summed E-state index contributed by atoms with van der Waals surface area (Å²) >= 11 is 0. The molecule has 0 saturated carbocycles. The third-order valence-electron chi connectivity index (χ3n) is 3.25. The van der Waals surface area contributed by atoms with Crippen molar-refractivity contribution < 1.29 is 4.42 Å². The largest absolute Gasteiger partial charge is 0.453 e. The molecule has 0 spiro atoms. The van der Waals surface area contributed by atoms with Crippen molar-refractivity contribution >= 4 is 16.9 Å². The third kappa shape index (κ3) is 1.93. The van der Waals surface area contributed by atoms with E-state index in [0.717, 1.165) is 22.2 Å². The fraction of sp³-hybridized carbons (Fsp3) is 0. The number of aromatic amines is 1. The highest BCUT2D eigenvalue weighted by molar-refractivity contribution is 5.93. The topological polar surface area (TPSA) is 93.6 Å². The van der Waals surface area contributed by atoms with Gasteiger partial charge in [-0.05, 0) is 24.3 Å². The summed E-state index contributed by atoms with van der Waals surface area (Å²) in [6.07, 6.45) is 1.77. The maximum Gasteiger partial charge on any atom is 0.239 e. The molecule has 4 aromatic rings. The number of aromatic nitrogens is 4. The van der Waals surface area contributed by atoms with Crippen molar-refractivity contribution in [3.05, 3.63) is 48.7 Å². The van der Waals surface area contributed by atoms with Crippen molar-refractivity contribution in [2.75, 3.05) is 5.73 Å². The molecule has 3 N–H and O–H groups in total. The Bertz CT molecular complexity index is 919. The van der Waals surface area contributed by atoms with Gasteiger partial charge >= 0.3 is 0 Å². The highest BCUT2D eigenvalue weighted by Gasteiger charge is 2.12. The second kappa shape index (κ2) is 4.45. The van der Waals surface area contributed by atoms with Crippen molar-refractivity contribution in [3.63, 3.8) is 0 Å². The molecule has 0 aliphatic rings. The number of rotatable bonds is 2. The van der Waals surface area contributed by atoms with Crippen molar-refractivity contribution in [2.24, 2.45) is 0 Å². The van der Waals surface area contributed by atoms with Crippen LogP contribution in [0.2, 0.25) is 0 Å². The van der Waals surface area contributed by atoms with Gasteiger partial charge in [-0.1, -0.05) is 18.2 Å². The van der Waals surface area contributed by atoms with Crippen LogP contribution in [0.4, 0.5) is 5.95 Å². The Morgan fingerprint density at radius 3 is 2.76 bits per heavy atom. The summed E-state index contributed by atoms with van der Waals surface area (Å²) in [6.45, 7) is 0. The van der Waals surface area contributed by atoms with E-state index >= 15 is 0 Å². The quantitative estimate of drug-likeness (QED) is 0.587. The van der Waals surface area contributed by atoms with Gasteiger partial charge in [0.1, 0.15) is 5.76 Å². The molecule has 0 atom stereocenters. The van der Waals surface area contributed by atoms with Gasteiger partial charge in [-0.3, -0.25) is 10.1 Å². The van der Waals surface area contributed by atoms with E-state index in [1.165, 1.54) is 0 Å². The monoisotopic (exact) mass is 277 g/mol. The molecule has 0 fully saturated rings. The highest BCUT2D eigenvalue weighted by Crippen LogP contribution is 2.31. The second-order valence-electron chi connectivity index (χ2n) is 4.58. The minimum atomic E-state index is 0.192. The summed E-state index contributed by atoms with van der Waals surface area (Å²) in [5.41, 5.74) is 7.42. The molecule has 0 amide bonds. The van der Waals surface area contributed by atoms with Crippen LogP contribution in [0.25, 0.3) is 33.8 Å². The Hall–Kier alpha value is -3.15. The van der Waals surface area contributed by atoms with Gasteiger partial charge in [0.05, 0.1) is 5.52 Å². The summed E-state index contributed by atoms with van der Waals surface area (Å²) in [6, 6.07) is 13.6. The van der Waals surface area contributed by atoms with E-state index in [1.54, 1.807) is 6.20 Å². The molecule has 3 aromatic heterocycles. The van der Waals surface area contributed by atoms with Crippen molar-refractivity contribution in [2.45, 2.75) is 0 Å². The van der Waals surface area contributed by atoms with Crippen LogP contribution in [0, 0.1) is 0 Å². The standard InChI is InChI=1S/C15H11N5O/c16-15-18-14(19-20-15)13-7-6-12(21-13)10-3-1-5-11-9(10)4-2-8-17-11/h1-8H,(H3,16,18,19,20). The molecule has 21 heavy (non-hydrogen) atoms. The molecular weight excluding hydrogens is 266 g/mol. The van der Waals surface area contributed by atoms with Crippen LogP contribution in [0.3, 0.4) is 0 Å². The average Bonchev–Trinajstić information content (AvgIpc) is 3.15. The maximum atomic E-state index is 5.86. The average molecular weight is 277 g/mol. The van der Waals surface area contributed by atoms with Crippen LogP contribution < -0.4 is 5.73 Å². The Kier molecular flexibility index (Phi) is 2.47. The molecule has 4 rings (SSSR count). The van der Waals surface area contributed by atoms with Crippen LogP contribution in [0.1, 0.15) is 0 Å². The van der Waals surface area contributed by atoms with E-state index in [1.807, 2.05) is 42.5 Å². The fourth-order valence-electron chi connectivity index (χ4n) is 2.31. The van der Waals surface area contributed by atoms with Crippen molar-refractivity contribution in [1.29, 1.82) is 0 Å². The number of nitrogens with two attached hydrogens (primary N) is 1. The number of nitrogens with zero attached hydrogens (tertiary/aromatic N) is 3. The molecule has 1 aromatic carbocycles. The summed E-state index contributed by atoms with van der Waals surface area (Å²) in [5, 5.41) is 7.57. The van der Waals surface area contributed by atoms with Gasteiger partial charge in [-0.25, -0.2) is 0 Å². The Morgan fingerprint density at radius 1 is 1.00 bits per heavy atom. The van der Waals surface area contributed by atoms with Gasteiger partial charge in [0.15, 0.2) is 11.6 Å². The summed E-state index contributed by atoms with van der Waals surface area (Å²) in [5.74, 6) is 2.04.